The van der Waals surface area contributed by atoms with E-state index in [1.807, 2.05) is 0 Å². The molecule has 0 saturated carbocycles. The molecule has 8 N–H and O–H groups in total. The molecule has 0 aromatic rings. The average Bonchev–Trinajstić information content (AvgIpc) is 3.07. The van der Waals surface area contributed by atoms with Crippen LogP contribution in [-0.2, 0) is 39.3 Å². The van der Waals surface area contributed by atoms with Crippen LogP contribution in [0.1, 0.15) is 6.42 Å². The maximum Gasteiger partial charge on any atom is 0.398 e. The van der Waals surface area contributed by atoms with Crippen LogP contribution in [-0.4, -0.2) is 95.2 Å². The molecule has 168 valence electrons. The van der Waals surface area contributed by atoms with E-state index in [4.69, 9.17) is 20.2 Å². The van der Waals surface area contributed by atoms with Gasteiger partial charge in [-0.3, -0.25) is 29.3 Å². The van der Waals surface area contributed by atoms with Gasteiger partial charge in [-0.2, -0.15) is 16.8 Å². The molecular weight excluding hydrogens is 458 g/mol. The van der Waals surface area contributed by atoms with E-state index in [0.717, 1.165) is 9.79 Å². The summed E-state index contributed by atoms with van der Waals surface area (Å²) in [6.07, 6.45) is -2.67. The van der Waals surface area contributed by atoms with Crippen LogP contribution in [0.3, 0.4) is 0 Å². The highest BCUT2D eigenvalue weighted by Gasteiger charge is 2.69. The van der Waals surface area contributed by atoms with Crippen LogP contribution >= 0.6 is 0 Å². The summed E-state index contributed by atoms with van der Waals surface area (Å²) >= 11 is 0. The number of hydrogen-bond donors (Lipinski definition) is 7. The van der Waals surface area contributed by atoms with E-state index in [9.17, 15) is 31.6 Å². The van der Waals surface area contributed by atoms with Gasteiger partial charge in [0.2, 0.25) is 17.4 Å². The van der Waals surface area contributed by atoms with Crippen molar-refractivity contribution in [3.8, 4) is 0 Å². The maximum absolute atomic E-state index is 12.9. The second-order valence-corrected chi connectivity index (χ2v) is 8.47. The summed E-state index contributed by atoms with van der Waals surface area (Å²) in [5, 5.41) is 21.1. The summed E-state index contributed by atoms with van der Waals surface area (Å²) < 4.78 is 65.0. The number of guanidine groups is 2. The summed E-state index contributed by atoms with van der Waals surface area (Å²) in [6.45, 7) is -0.609. The van der Waals surface area contributed by atoms with Crippen molar-refractivity contribution in [3.63, 3.8) is 0 Å². The van der Waals surface area contributed by atoms with Crippen LogP contribution in [0.5, 0.6) is 0 Å². The third kappa shape index (κ3) is 3.76. The number of ketones is 1. The zero-order chi connectivity index (χ0) is 22.6. The highest BCUT2D eigenvalue weighted by atomic mass is 32.3. The number of nitrogens with two attached hydrogens (primary N) is 1. The molecule has 20 heteroatoms. The van der Waals surface area contributed by atoms with Crippen LogP contribution in [0.4, 0.5) is 0 Å². The minimum Gasteiger partial charge on any atom is -0.370 e. The van der Waals surface area contributed by atoms with Gasteiger partial charge in [0.25, 0.3) is 0 Å². The van der Waals surface area contributed by atoms with Crippen LogP contribution in [0, 0.1) is 5.41 Å². The monoisotopic (exact) mass is 473 g/mol. The van der Waals surface area contributed by atoms with E-state index in [1.165, 1.54) is 0 Å². The number of carbonyl (C=O) groups excluding carboxylic acids is 2. The number of Topliss-reactive ketones (excluding diaryl/α,β-unsaturated/α-hetero) is 1. The number of nitrogens with one attached hydrogen (secondary N) is 3. The molecule has 4 atom stereocenters. The topological polar surface area (TPSA) is 274 Å². The Labute approximate surface area is 167 Å². The average molecular weight is 473 g/mol. The quantitative estimate of drug-likeness (QED) is 0.141. The zero-order valence-corrected chi connectivity index (χ0v) is 16.1. The SMILES string of the molecule is N=C1N(O)[C@@H](CC(=O)ONS(=O)(=O)O)C2N=C(N)NC23C(=O)[C@@H](OS(=O)(=O)O)CN13. The number of hydrogen-bond acceptors (Lipinski definition) is 13. The number of carbonyl (C=O) groups is 2. The van der Waals surface area contributed by atoms with Crippen molar-refractivity contribution in [2.45, 2.75) is 30.3 Å². The van der Waals surface area contributed by atoms with Gasteiger partial charge < -0.3 is 20.8 Å². The zero-order valence-electron chi connectivity index (χ0n) is 14.5. The first kappa shape index (κ1) is 22.1. The summed E-state index contributed by atoms with van der Waals surface area (Å²) in [5.41, 5.74) is 3.58. The maximum atomic E-state index is 12.9. The van der Waals surface area contributed by atoms with Crippen molar-refractivity contribution in [2.75, 3.05) is 6.54 Å². The molecule has 3 aliphatic rings. The molecule has 0 aliphatic carbocycles. The molecule has 1 spiro atoms. The molecule has 0 bridgehead atoms. The number of rotatable bonds is 6. The molecule has 3 rings (SSSR count). The molecule has 0 radical (unpaired) electrons. The molecular formula is C10H15N7O11S2. The van der Waals surface area contributed by atoms with E-state index in [0.29, 0.717) is 0 Å². The third-order valence-corrected chi connectivity index (χ3v) is 5.26. The van der Waals surface area contributed by atoms with Crippen molar-refractivity contribution in [2.24, 2.45) is 10.7 Å². The van der Waals surface area contributed by atoms with Crippen molar-refractivity contribution in [1.82, 2.24) is 20.2 Å². The van der Waals surface area contributed by atoms with E-state index in [2.05, 4.69) is 19.3 Å². The van der Waals surface area contributed by atoms with Crippen LogP contribution in [0.15, 0.2) is 4.99 Å². The smallest absolute Gasteiger partial charge is 0.370 e. The summed E-state index contributed by atoms with van der Waals surface area (Å²) in [5.74, 6) is -3.52. The Bertz CT molecular complexity index is 1040. The van der Waals surface area contributed by atoms with Gasteiger partial charge in [0.1, 0.15) is 6.04 Å². The van der Waals surface area contributed by atoms with E-state index < -0.39 is 75.2 Å². The molecule has 0 amide bonds. The first-order chi connectivity index (χ1) is 13.7. The van der Waals surface area contributed by atoms with Gasteiger partial charge in [0, 0.05) is 0 Å². The fourth-order valence-corrected chi connectivity index (χ4v) is 4.15. The molecule has 2 unspecified atom stereocenters. The Kier molecular flexibility index (Phi) is 5.13. The largest absolute Gasteiger partial charge is 0.398 e. The first-order valence-electron chi connectivity index (χ1n) is 7.75. The van der Waals surface area contributed by atoms with Gasteiger partial charge in [-0.25, -0.2) is 14.2 Å². The van der Waals surface area contributed by atoms with Crippen molar-refractivity contribution < 1.29 is 49.8 Å². The fourth-order valence-electron chi connectivity index (χ4n) is 3.51. The van der Waals surface area contributed by atoms with Gasteiger partial charge >= 0.3 is 26.7 Å². The summed E-state index contributed by atoms with van der Waals surface area (Å²) in [6, 6.07) is -2.95. The number of aliphatic imine (C=N–C) groups is 1. The lowest BCUT2D eigenvalue weighted by Crippen LogP contribution is -2.75. The van der Waals surface area contributed by atoms with E-state index in [-0.39, 0.29) is 11.0 Å². The predicted molar refractivity (Wildman–Crippen MR) is 89.9 cm³/mol. The van der Waals surface area contributed by atoms with Gasteiger partial charge in [-0.1, -0.05) is 0 Å². The minimum atomic E-state index is -5.07. The number of nitrogens with zero attached hydrogens (tertiary/aromatic N) is 3. The lowest BCUT2D eigenvalue weighted by atomic mass is 9.87. The van der Waals surface area contributed by atoms with Crippen molar-refractivity contribution in [3.05, 3.63) is 0 Å². The van der Waals surface area contributed by atoms with E-state index in [1.54, 1.807) is 0 Å². The van der Waals surface area contributed by atoms with Gasteiger partial charge in [-0.15, -0.1) is 0 Å². The number of hydroxylamine groups is 2. The van der Waals surface area contributed by atoms with Crippen molar-refractivity contribution >= 4 is 44.4 Å². The standard InChI is InChI=1S/C10H15N7O11S2/c11-8-13-6-3(1-5(18)27-15-29(21,22)23)17(20)9(12)16-2-4(28-30(24,25)26)7(19)10(6,16)14-8/h3-4,6,12,15,20H,1-2H2,(H3,11,13,14)(H,21,22,23)(H,24,25,26)/t3-,4-,6?,10?/m0/s1. The molecule has 3 heterocycles. The summed E-state index contributed by atoms with van der Waals surface area (Å²) in [7, 11) is -9.96. The first-order valence-corrected chi connectivity index (χ1v) is 10.6. The van der Waals surface area contributed by atoms with Crippen LogP contribution in [0.2, 0.25) is 0 Å². The lowest BCUT2D eigenvalue weighted by Gasteiger charge is -2.49. The van der Waals surface area contributed by atoms with Gasteiger partial charge in [0.15, 0.2) is 12.1 Å². The molecule has 3 aliphatic heterocycles. The Morgan fingerprint density at radius 3 is 2.60 bits per heavy atom. The van der Waals surface area contributed by atoms with E-state index >= 15 is 0 Å². The Morgan fingerprint density at radius 2 is 2.03 bits per heavy atom. The van der Waals surface area contributed by atoms with Crippen LogP contribution < -0.4 is 15.9 Å². The second kappa shape index (κ2) is 6.97. The lowest BCUT2D eigenvalue weighted by molar-refractivity contribution is -0.160. The molecule has 0 aromatic heterocycles. The summed E-state index contributed by atoms with van der Waals surface area (Å²) in [4.78, 5) is 34.8. The molecule has 2 saturated heterocycles. The highest BCUT2D eigenvalue weighted by Crippen LogP contribution is 2.41. The van der Waals surface area contributed by atoms with Crippen LogP contribution in [0.25, 0.3) is 0 Å². The predicted octanol–water partition coefficient (Wildman–Crippen LogP) is -4.71. The molecule has 18 nitrogen and oxygen atoms in total. The molecule has 0 aromatic carbocycles. The van der Waals surface area contributed by atoms with Gasteiger partial charge in [-0.05, 0) is 4.89 Å². The second-order valence-electron chi connectivity index (χ2n) is 6.31. The van der Waals surface area contributed by atoms with Gasteiger partial charge in [0.05, 0.1) is 19.0 Å². The Balaban J connectivity index is 1.93. The normalized spacial score (nSPS) is 31.2. The Morgan fingerprint density at radius 1 is 1.40 bits per heavy atom. The third-order valence-electron chi connectivity index (χ3n) is 4.49. The van der Waals surface area contributed by atoms with Crippen molar-refractivity contribution in [1.29, 1.82) is 5.41 Å². The molecule has 2 fully saturated rings. The fraction of sp³-hybridized carbons (Fsp3) is 0.600. The molecule has 30 heavy (non-hydrogen) atoms. The Hall–Kier alpha value is -2.62. The minimum absolute atomic E-state index is 0.213. The highest BCUT2D eigenvalue weighted by molar-refractivity contribution is 7.83.